The number of hydrazone groups is 1. The lowest BCUT2D eigenvalue weighted by Crippen LogP contribution is -2.11. The first kappa shape index (κ1) is 12.0. The smallest absolute Gasteiger partial charge is 0.370 e. The average Bonchev–Trinajstić information content (AvgIpc) is 2.35. The molecule has 6 heteroatoms. The van der Waals surface area contributed by atoms with Crippen molar-refractivity contribution < 1.29 is 9.53 Å². The number of benzene rings is 1. The summed E-state index contributed by atoms with van der Waals surface area (Å²) in [7, 11) is 1.21. The number of carbonyl (C=O) groups is 1. The highest BCUT2D eigenvalue weighted by Gasteiger charge is 2.07. The van der Waals surface area contributed by atoms with Gasteiger partial charge in [-0.15, -0.1) is 0 Å². The number of nitrogens with zero attached hydrogens (tertiary/aromatic N) is 2. The number of methoxy groups -OCH3 is 1. The number of esters is 1. The van der Waals surface area contributed by atoms with Crippen LogP contribution in [0, 0.1) is 11.3 Å². The molecular formula is C10H8ClN3O2. The number of halogens is 1. The summed E-state index contributed by atoms with van der Waals surface area (Å²) in [6, 6.07) is 8.50. The standard InChI is InChI=1S/C10H8ClN3O2/c1-16-10(15)9(11)14-13-8-4-2-7(6-12)3-5-8/h2-5,13H,1H3/b14-9-. The van der Waals surface area contributed by atoms with Crippen molar-refractivity contribution in [1.29, 1.82) is 5.26 Å². The normalized spacial score (nSPS) is 10.4. The zero-order chi connectivity index (χ0) is 12.0. The molecule has 0 saturated carbocycles. The number of ether oxygens (including phenoxy) is 1. The van der Waals surface area contributed by atoms with E-state index < -0.39 is 5.97 Å². The lowest BCUT2D eigenvalue weighted by Gasteiger charge is -2.00. The lowest BCUT2D eigenvalue weighted by molar-refractivity contribution is -0.132. The van der Waals surface area contributed by atoms with Crippen LogP contribution < -0.4 is 5.43 Å². The van der Waals surface area contributed by atoms with Gasteiger partial charge < -0.3 is 4.74 Å². The minimum atomic E-state index is -0.720. The van der Waals surface area contributed by atoms with E-state index in [0.717, 1.165) is 0 Å². The molecule has 0 bridgehead atoms. The average molecular weight is 238 g/mol. The minimum Gasteiger partial charge on any atom is -0.464 e. The van der Waals surface area contributed by atoms with Crippen LogP contribution in [0.15, 0.2) is 29.4 Å². The van der Waals surface area contributed by atoms with Crippen LogP contribution in [0.1, 0.15) is 5.56 Å². The molecule has 82 valence electrons. The van der Waals surface area contributed by atoms with E-state index in [4.69, 9.17) is 16.9 Å². The summed E-state index contributed by atoms with van der Waals surface area (Å²) in [6.07, 6.45) is 0. The van der Waals surface area contributed by atoms with Crippen LogP contribution in [0.4, 0.5) is 5.69 Å². The number of nitrogens with one attached hydrogen (secondary N) is 1. The number of rotatable bonds is 3. The zero-order valence-corrected chi connectivity index (χ0v) is 9.15. The highest BCUT2D eigenvalue weighted by molar-refractivity contribution is 6.82. The quantitative estimate of drug-likeness (QED) is 0.493. The fourth-order valence-electron chi connectivity index (χ4n) is 0.863. The van der Waals surface area contributed by atoms with Gasteiger partial charge in [0.15, 0.2) is 0 Å². The second-order valence-corrected chi connectivity index (χ2v) is 3.05. The van der Waals surface area contributed by atoms with Crippen molar-refractivity contribution in [2.45, 2.75) is 0 Å². The van der Waals surface area contributed by atoms with Gasteiger partial charge in [0.2, 0.25) is 5.17 Å². The van der Waals surface area contributed by atoms with Crippen molar-refractivity contribution in [3.8, 4) is 6.07 Å². The van der Waals surface area contributed by atoms with Crippen molar-refractivity contribution >= 4 is 28.4 Å². The predicted molar refractivity (Wildman–Crippen MR) is 60.1 cm³/mol. The molecule has 0 heterocycles. The first-order valence-electron chi connectivity index (χ1n) is 4.25. The SMILES string of the molecule is COC(=O)/C(Cl)=N/Nc1ccc(C#N)cc1. The van der Waals surface area contributed by atoms with Crippen LogP contribution in [0.2, 0.25) is 0 Å². The minimum absolute atomic E-state index is 0.299. The van der Waals surface area contributed by atoms with Crippen LogP contribution >= 0.6 is 11.6 Å². The molecular weight excluding hydrogens is 230 g/mol. The maximum Gasteiger partial charge on any atom is 0.370 e. The van der Waals surface area contributed by atoms with Gasteiger partial charge in [0, 0.05) is 0 Å². The third-order valence-electron chi connectivity index (χ3n) is 1.65. The van der Waals surface area contributed by atoms with Crippen molar-refractivity contribution in [2.24, 2.45) is 5.10 Å². The summed E-state index contributed by atoms with van der Waals surface area (Å²) < 4.78 is 4.35. The Morgan fingerprint density at radius 3 is 2.62 bits per heavy atom. The van der Waals surface area contributed by atoms with Gasteiger partial charge in [0.1, 0.15) is 0 Å². The maximum absolute atomic E-state index is 10.9. The Morgan fingerprint density at radius 1 is 1.50 bits per heavy atom. The second kappa shape index (κ2) is 5.73. The molecule has 16 heavy (non-hydrogen) atoms. The van der Waals surface area contributed by atoms with Gasteiger partial charge in [0.05, 0.1) is 24.4 Å². The van der Waals surface area contributed by atoms with Gasteiger partial charge in [-0.1, -0.05) is 11.6 Å². The first-order valence-corrected chi connectivity index (χ1v) is 4.63. The van der Waals surface area contributed by atoms with Gasteiger partial charge in [-0.3, -0.25) is 5.43 Å². The van der Waals surface area contributed by atoms with E-state index in [2.05, 4.69) is 15.3 Å². The van der Waals surface area contributed by atoms with Crippen molar-refractivity contribution in [2.75, 3.05) is 12.5 Å². The summed E-state index contributed by atoms with van der Waals surface area (Å²) in [5.41, 5.74) is 3.70. The molecule has 0 aliphatic carbocycles. The third-order valence-corrected chi connectivity index (χ3v) is 1.89. The lowest BCUT2D eigenvalue weighted by atomic mass is 10.2. The largest absolute Gasteiger partial charge is 0.464 e. The summed E-state index contributed by atoms with van der Waals surface area (Å²) in [5, 5.41) is 11.9. The Bertz CT molecular complexity index is 448. The Morgan fingerprint density at radius 2 is 2.12 bits per heavy atom. The molecule has 0 amide bonds. The second-order valence-electron chi connectivity index (χ2n) is 2.70. The summed E-state index contributed by atoms with van der Waals surface area (Å²) in [4.78, 5) is 10.9. The highest BCUT2D eigenvalue weighted by atomic mass is 35.5. The van der Waals surface area contributed by atoms with E-state index in [0.29, 0.717) is 11.3 Å². The molecule has 1 N–H and O–H groups in total. The maximum atomic E-state index is 10.9. The molecule has 5 nitrogen and oxygen atoms in total. The molecule has 0 aromatic heterocycles. The van der Waals surface area contributed by atoms with Crippen LogP contribution in [-0.2, 0) is 9.53 Å². The number of anilines is 1. The zero-order valence-electron chi connectivity index (χ0n) is 8.40. The number of nitriles is 1. The van der Waals surface area contributed by atoms with Crippen LogP contribution in [0.25, 0.3) is 0 Å². The molecule has 0 aliphatic heterocycles. The molecule has 0 radical (unpaired) electrons. The van der Waals surface area contributed by atoms with Crippen LogP contribution in [0.3, 0.4) is 0 Å². The summed E-state index contributed by atoms with van der Waals surface area (Å²) in [6.45, 7) is 0. The third kappa shape index (κ3) is 3.26. The Balaban J connectivity index is 2.68. The van der Waals surface area contributed by atoms with Gasteiger partial charge in [-0.2, -0.15) is 10.4 Å². The van der Waals surface area contributed by atoms with Gasteiger partial charge >= 0.3 is 5.97 Å². The fourth-order valence-corrected chi connectivity index (χ4v) is 0.982. The van der Waals surface area contributed by atoms with Gasteiger partial charge in [-0.05, 0) is 24.3 Å². The van der Waals surface area contributed by atoms with E-state index >= 15 is 0 Å². The number of carbonyl (C=O) groups excluding carboxylic acids is 1. The number of hydrogen-bond acceptors (Lipinski definition) is 5. The van der Waals surface area contributed by atoms with E-state index in [-0.39, 0.29) is 5.17 Å². The monoisotopic (exact) mass is 237 g/mol. The Kier molecular flexibility index (Phi) is 4.30. The molecule has 0 fully saturated rings. The molecule has 0 atom stereocenters. The Hall–Kier alpha value is -2.06. The van der Waals surface area contributed by atoms with Gasteiger partial charge in [0.25, 0.3) is 0 Å². The summed E-state index contributed by atoms with van der Waals surface area (Å²) in [5.74, 6) is -0.720. The van der Waals surface area contributed by atoms with Crippen LogP contribution in [-0.4, -0.2) is 18.2 Å². The van der Waals surface area contributed by atoms with E-state index in [1.807, 2.05) is 6.07 Å². The van der Waals surface area contributed by atoms with Crippen molar-refractivity contribution in [3.63, 3.8) is 0 Å². The highest BCUT2D eigenvalue weighted by Crippen LogP contribution is 2.08. The van der Waals surface area contributed by atoms with Crippen molar-refractivity contribution in [3.05, 3.63) is 29.8 Å². The van der Waals surface area contributed by atoms with E-state index in [9.17, 15) is 4.79 Å². The fraction of sp³-hybridized carbons (Fsp3) is 0.100. The molecule has 0 aliphatic rings. The van der Waals surface area contributed by atoms with Crippen LogP contribution in [0.5, 0.6) is 0 Å². The van der Waals surface area contributed by atoms with E-state index in [1.54, 1.807) is 24.3 Å². The molecule has 1 aromatic carbocycles. The molecule has 0 unspecified atom stereocenters. The van der Waals surface area contributed by atoms with E-state index in [1.165, 1.54) is 7.11 Å². The predicted octanol–water partition coefficient (Wildman–Crippen LogP) is 1.70. The number of hydrogen-bond donors (Lipinski definition) is 1. The van der Waals surface area contributed by atoms with Crippen molar-refractivity contribution in [1.82, 2.24) is 0 Å². The summed E-state index contributed by atoms with van der Waals surface area (Å²) >= 11 is 5.50. The molecule has 1 rings (SSSR count). The molecule has 0 spiro atoms. The Labute approximate surface area is 97.3 Å². The topological polar surface area (TPSA) is 74.5 Å². The molecule has 1 aromatic rings. The van der Waals surface area contributed by atoms with Gasteiger partial charge in [-0.25, -0.2) is 4.79 Å². The molecule has 0 saturated heterocycles. The first-order chi connectivity index (χ1) is 7.67.